The number of hydrogen-bond acceptors (Lipinski definition) is 3. The van der Waals surface area contributed by atoms with Gasteiger partial charge in [0.25, 0.3) is 5.56 Å². The van der Waals surface area contributed by atoms with E-state index >= 15 is 0 Å². The molecule has 0 fully saturated rings. The van der Waals surface area contributed by atoms with Gasteiger partial charge in [-0.3, -0.25) is 14.3 Å². The van der Waals surface area contributed by atoms with Crippen LogP contribution in [0.5, 0.6) is 5.88 Å². The number of hydrogen-bond donors (Lipinski definition) is 3. The van der Waals surface area contributed by atoms with E-state index in [9.17, 15) is 9.90 Å². The minimum atomic E-state index is -0.337. The van der Waals surface area contributed by atoms with E-state index in [0.29, 0.717) is 11.5 Å². The van der Waals surface area contributed by atoms with Crippen molar-refractivity contribution in [2.45, 2.75) is 32.2 Å². The summed E-state index contributed by atoms with van der Waals surface area (Å²) in [5, 5.41) is 13.2. The molecular weight excluding hydrogens is 370 g/mol. The van der Waals surface area contributed by atoms with Gasteiger partial charge in [-0.05, 0) is 41.4 Å². The van der Waals surface area contributed by atoms with Crippen LogP contribution in [0.25, 0.3) is 5.69 Å². The molecule has 28 heavy (non-hydrogen) atoms. The average molecular weight is 395 g/mol. The van der Waals surface area contributed by atoms with E-state index in [1.165, 1.54) is 11.1 Å². The standard InChI is InChI=1S/C22H23N3O2S/c1-13(2)14-7-9-16(10-8-14)25-21(27)18(20(26)24-22(25)28)19-17-6-4-3-5-15(17)11-12-23-19/h3-10,13,19,23,27H,11-12H2,1-2H3,(H,24,26,28)/p+1/t19-/m1/s1. The van der Waals surface area contributed by atoms with Crippen LogP contribution >= 0.6 is 12.2 Å². The van der Waals surface area contributed by atoms with Gasteiger partial charge in [0.05, 0.1) is 12.2 Å². The Morgan fingerprint density at radius 1 is 1.18 bits per heavy atom. The summed E-state index contributed by atoms with van der Waals surface area (Å²) in [5.41, 5.74) is 4.21. The van der Waals surface area contributed by atoms with Gasteiger partial charge in [0, 0.05) is 12.0 Å². The number of aromatic nitrogens is 2. The smallest absolute Gasteiger partial charge is 0.265 e. The Morgan fingerprint density at radius 3 is 2.61 bits per heavy atom. The van der Waals surface area contributed by atoms with Crippen LogP contribution in [-0.2, 0) is 6.42 Å². The number of quaternary nitrogens is 1. The van der Waals surface area contributed by atoms with Crippen LogP contribution in [0.3, 0.4) is 0 Å². The molecule has 4 N–H and O–H groups in total. The summed E-state index contributed by atoms with van der Waals surface area (Å²) in [6.07, 6.45) is 0.946. The number of aromatic hydroxyl groups is 1. The molecule has 0 saturated carbocycles. The van der Waals surface area contributed by atoms with Crippen molar-refractivity contribution in [3.63, 3.8) is 0 Å². The zero-order valence-corrected chi connectivity index (χ0v) is 16.8. The normalized spacial score (nSPS) is 16.2. The minimum absolute atomic E-state index is 0.0935. The second-order valence-corrected chi connectivity index (χ2v) is 7.92. The molecule has 1 atom stereocenters. The maximum atomic E-state index is 12.8. The van der Waals surface area contributed by atoms with Gasteiger partial charge in [-0.25, -0.2) is 0 Å². The maximum Gasteiger partial charge on any atom is 0.265 e. The molecule has 1 aromatic heterocycles. The summed E-state index contributed by atoms with van der Waals surface area (Å²) in [6, 6.07) is 15.7. The fraction of sp³-hybridized carbons (Fsp3) is 0.273. The Morgan fingerprint density at radius 2 is 1.89 bits per heavy atom. The predicted octanol–water partition coefficient (Wildman–Crippen LogP) is 2.93. The van der Waals surface area contributed by atoms with Crippen molar-refractivity contribution in [3.8, 4) is 11.6 Å². The van der Waals surface area contributed by atoms with Crippen LogP contribution in [0.4, 0.5) is 0 Å². The SMILES string of the molecule is CC(C)c1ccc(-n2c(O)c([C@@H]3[NH2+]CCc4ccccc43)c(=O)[nH]c2=S)cc1. The zero-order valence-electron chi connectivity index (χ0n) is 16.0. The molecule has 0 bridgehead atoms. The monoisotopic (exact) mass is 394 g/mol. The first-order valence-electron chi connectivity index (χ1n) is 9.57. The molecule has 2 heterocycles. The number of nitrogens with two attached hydrogens (primary N) is 1. The quantitative estimate of drug-likeness (QED) is 0.598. The van der Waals surface area contributed by atoms with E-state index in [-0.39, 0.29) is 22.3 Å². The van der Waals surface area contributed by atoms with Crippen LogP contribution in [0, 0.1) is 4.77 Å². The van der Waals surface area contributed by atoms with Crippen molar-refractivity contribution in [3.05, 3.63) is 85.9 Å². The molecular formula is C22H24N3O2S+. The highest BCUT2D eigenvalue weighted by molar-refractivity contribution is 7.71. The van der Waals surface area contributed by atoms with Crippen molar-refractivity contribution in [2.24, 2.45) is 0 Å². The third kappa shape index (κ3) is 3.19. The van der Waals surface area contributed by atoms with Gasteiger partial charge in [-0.1, -0.05) is 50.2 Å². The lowest BCUT2D eigenvalue weighted by Crippen LogP contribution is -2.87. The number of rotatable bonds is 3. The molecule has 0 amide bonds. The number of H-pyrrole nitrogens is 1. The van der Waals surface area contributed by atoms with Crippen molar-refractivity contribution in [1.29, 1.82) is 0 Å². The van der Waals surface area contributed by atoms with Crippen LogP contribution in [-0.4, -0.2) is 21.2 Å². The van der Waals surface area contributed by atoms with E-state index in [2.05, 4.69) is 30.2 Å². The molecule has 4 rings (SSSR count). The van der Waals surface area contributed by atoms with Crippen LogP contribution in [0.2, 0.25) is 0 Å². The van der Waals surface area contributed by atoms with Crippen LogP contribution < -0.4 is 10.9 Å². The van der Waals surface area contributed by atoms with Gasteiger partial charge in [0.1, 0.15) is 11.6 Å². The van der Waals surface area contributed by atoms with Crippen molar-refractivity contribution in [1.82, 2.24) is 9.55 Å². The number of nitrogens with zero attached hydrogens (tertiary/aromatic N) is 1. The molecule has 1 aliphatic heterocycles. The van der Waals surface area contributed by atoms with Crippen LogP contribution in [0.1, 0.15) is 48.1 Å². The highest BCUT2D eigenvalue weighted by Crippen LogP contribution is 2.29. The Bertz CT molecular complexity index is 1130. The van der Waals surface area contributed by atoms with Crippen LogP contribution in [0.15, 0.2) is 53.3 Å². The van der Waals surface area contributed by atoms with Gasteiger partial charge < -0.3 is 10.4 Å². The highest BCUT2D eigenvalue weighted by Gasteiger charge is 2.31. The van der Waals surface area contributed by atoms with Gasteiger partial charge >= 0.3 is 0 Å². The molecule has 0 radical (unpaired) electrons. The highest BCUT2D eigenvalue weighted by atomic mass is 32.1. The molecule has 3 aromatic rings. The molecule has 0 spiro atoms. The maximum absolute atomic E-state index is 12.8. The zero-order chi connectivity index (χ0) is 19.8. The summed E-state index contributed by atoms with van der Waals surface area (Å²) in [6.45, 7) is 5.12. The van der Waals surface area contributed by atoms with E-state index in [4.69, 9.17) is 12.2 Å². The number of benzene rings is 2. The average Bonchev–Trinajstić information content (AvgIpc) is 2.68. The third-order valence-electron chi connectivity index (χ3n) is 5.46. The molecule has 1 aliphatic rings. The van der Waals surface area contributed by atoms with Gasteiger partial charge in [0.15, 0.2) is 4.77 Å². The lowest BCUT2D eigenvalue weighted by atomic mass is 9.90. The Hall–Kier alpha value is -2.70. The van der Waals surface area contributed by atoms with E-state index in [1.54, 1.807) is 4.57 Å². The van der Waals surface area contributed by atoms with Gasteiger partial charge in [-0.2, -0.15) is 0 Å². The summed E-state index contributed by atoms with van der Waals surface area (Å²) in [5.74, 6) is 0.319. The first-order valence-corrected chi connectivity index (χ1v) is 9.98. The topological polar surface area (TPSA) is 74.6 Å². The number of fused-ring (bicyclic) bond motifs is 1. The molecule has 5 nitrogen and oxygen atoms in total. The van der Waals surface area contributed by atoms with E-state index < -0.39 is 0 Å². The molecule has 6 heteroatoms. The van der Waals surface area contributed by atoms with Gasteiger partial charge in [-0.15, -0.1) is 0 Å². The molecule has 144 valence electrons. The van der Waals surface area contributed by atoms with Crippen molar-refractivity contribution in [2.75, 3.05) is 6.54 Å². The molecule has 0 unspecified atom stereocenters. The Kier molecular flexibility index (Phi) is 4.91. The summed E-state index contributed by atoms with van der Waals surface area (Å²) >= 11 is 5.37. The first kappa shape index (κ1) is 18.7. The molecule has 0 aliphatic carbocycles. The summed E-state index contributed by atoms with van der Waals surface area (Å²) in [4.78, 5) is 15.5. The lowest BCUT2D eigenvalue weighted by molar-refractivity contribution is -0.690. The predicted molar refractivity (Wildman–Crippen MR) is 112 cm³/mol. The van der Waals surface area contributed by atoms with E-state index in [0.717, 1.165) is 24.2 Å². The first-order chi connectivity index (χ1) is 13.5. The lowest BCUT2D eigenvalue weighted by Gasteiger charge is -2.25. The summed E-state index contributed by atoms with van der Waals surface area (Å²) in [7, 11) is 0. The molecule has 0 saturated heterocycles. The Balaban J connectivity index is 1.88. The third-order valence-corrected chi connectivity index (χ3v) is 5.74. The Labute approximate surface area is 168 Å². The summed E-state index contributed by atoms with van der Waals surface area (Å²) < 4.78 is 1.73. The fourth-order valence-corrected chi connectivity index (χ4v) is 4.22. The van der Waals surface area contributed by atoms with E-state index in [1.807, 2.05) is 42.5 Å². The van der Waals surface area contributed by atoms with Crippen molar-refractivity contribution < 1.29 is 10.4 Å². The largest absolute Gasteiger partial charge is 0.494 e. The fourth-order valence-electron chi connectivity index (χ4n) is 3.94. The second kappa shape index (κ2) is 7.37. The van der Waals surface area contributed by atoms with Gasteiger partial charge in [0.2, 0.25) is 5.88 Å². The second-order valence-electron chi connectivity index (χ2n) is 7.53. The number of nitrogens with one attached hydrogen (secondary N) is 1. The number of aromatic amines is 1. The minimum Gasteiger partial charge on any atom is -0.494 e. The molecule has 2 aromatic carbocycles. The van der Waals surface area contributed by atoms with Crippen molar-refractivity contribution >= 4 is 12.2 Å².